The molecule has 0 radical (unpaired) electrons. The third kappa shape index (κ3) is 2.56. The normalized spacial score (nSPS) is 30.3. The van der Waals surface area contributed by atoms with Crippen LogP contribution >= 0.6 is 0 Å². The Morgan fingerprint density at radius 1 is 1.39 bits per heavy atom. The molecule has 3 nitrogen and oxygen atoms in total. The van der Waals surface area contributed by atoms with Gasteiger partial charge < -0.3 is 4.90 Å². The van der Waals surface area contributed by atoms with Crippen LogP contribution in [0.5, 0.6) is 0 Å². The van der Waals surface area contributed by atoms with Crippen LogP contribution in [0.25, 0.3) is 0 Å². The lowest BCUT2D eigenvalue weighted by Crippen LogP contribution is -2.44. The van der Waals surface area contributed by atoms with Crippen molar-refractivity contribution in [2.24, 2.45) is 11.3 Å². The largest absolute Gasteiger partial charge is 0.325 e. The van der Waals surface area contributed by atoms with Crippen molar-refractivity contribution in [3.05, 3.63) is 0 Å². The van der Waals surface area contributed by atoms with Crippen LogP contribution in [-0.4, -0.2) is 29.6 Å². The molecule has 1 amide bonds. The third-order valence-corrected chi connectivity index (χ3v) is 4.57. The molecule has 2 atom stereocenters. The monoisotopic (exact) mass is 252 g/mol. The number of carbonyl (C=O) groups excluding carboxylic acids is 1. The molecule has 2 unspecified atom stereocenters. The molecule has 2 fully saturated rings. The molecule has 2 aliphatic rings. The Balaban J connectivity index is 2.06. The van der Waals surface area contributed by atoms with Gasteiger partial charge in [-0.1, -0.05) is 34.1 Å². The van der Waals surface area contributed by atoms with Gasteiger partial charge in [0.1, 0.15) is 0 Å². The summed E-state index contributed by atoms with van der Waals surface area (Å²) in [4.78, 5) is 14.6. The fraction of sp³-hybridized carbons (Fsp3) is 0.933. The van der Waals surface area contributed by atoms with Crippen LogP contribution < -0.4 is 5.32 Å². The third-order valence-electron chi connectivity index (χ3n) is 4.57. The lowest BCUT2D eigenvalue weighted by atomic mass is 9.99. The predicted molar refractivity (Wildman–Crippen MR) is 74.1 cm³/mol. The van der Waals surface area contributed by atoms with Crippen molar-refractivity contribution in [3.8, 4) is 0 Å². The van der Waals surface area contributed by atoms with Gasteiger partial charge in [-0.05, 0) is 37.0 Å². The number of nitrogens with zero attached hydrogens (tertiary/aromatic N) is 1. The average Bonchev–Trinajstić information content (AvgIpc) is 3.00. The van der Waals surface area contributed by atoms with Gasteiger partial charge in [0.15, 0.2) is 0 Å². The molecule has 1 aliphatic heterocycles. The van der Waals surface area contributed by atoms with Crippen LogP contribution in [0, 0.1) is 11.3 Å². The minimum atomic E-state index is 0.0508. The molecule has 0 aromatic carbocycles. The van der Waals surface area contributed by atoms with Crippen molar-refractivity contribution in [1.29, 1.82) is 0 Å². The van der Waals surface area contributed by atoms with Crippen molar-refractivity contribution in [2.45, 2.75) is 72.0 Å². The zero-order valence-corrected chi connectivity index (χ0v) is 12.3. The summed E-state index contributed by atoms with van der Waals surface area (Å²) in [6, 6.07) is 0.0508. The summed E-state index contributed by atoms with van der Waals surface area (Å²) in [5, 5.41) is 3.51. The predicted octanol–water partition coefficient (Wildman–Crippen LogP) is 2.76. The standard InChI is InChI=1S/C15H28N2O/c1-5-7-15(8-9-15)10-17-13(11(3)4)16-12(6-2)14(17)18/h11-13,16H,5-10H2,1-4H3. The maximum atomic E-state index is 12.4. The minimum absolute atomic E-state index is 0.0508. The van der Waals surface area contributed by atoms with Gasteiger partial charge >= 0.3 is 0 Å². The summed E-state index contributed by atoms with van der Waals surface area (Å²) < 4.78 is 0. The summed E-state index contributed by atoms with van der Waals surface area (Å²) in [5.74, 6) is 0.821. The molecule has 1 aliphatic carbocycles. The highest BCUT2D eigenvalue weighted by molar-refractivity contribution is 5.84. The van der Waals surface area contributed by atoms with Crippen LogP contribution in [0.1, 0.15) is 59.8 Å². The lowest BCUT2D eigenvalue weighted by molar-refractivity contribution is -0.131. The van der Waals surface area contributed by atoms with Gasteiger partial charge in [0.2, 0.25) is 5.91 Å². The summed E-state index contributed by atoms with van der Waals surface area (Å²) in [6.45, 7) is 9.73. The van der Waals surface area contributed by atoms with Gasteiger partial charge in [-0.2, -0.15) is 0 Å². The van der Waals surface area contributed by atoms with E-state index in [-0.39, 0.29) is 12.2 Å². The maximum absolute atomic E-state index is 12.4. The highest BCUT2D eigenvalue weighted by Crippen LogP contribution is 2.50. The SMILES string of the molecule is CCCC1(CN2C(=O)C(CC)NC2C(C)C)CC1. The lowest BCUT2D eigenvalue weighted by Gasteiger charge is -2.31. The molecule has 0 aromatic heterocycles. The van der Waals surface area contributed by atoms with Gasteiger partial charge in [0.05, 0.1) is 12.2 Å². The topological polar surface area (TPSA) is 32.3 Å². The highest BCUT2D eigenvalue weighted by Gasteiger charge is 2.48. The van der Waals surface area contributed by atoms with Crippen LogP contribution in [0.3, 0.4) is 0 Å². The molecule has 1 saturated heterocycles. The molecule has 0 spiro atoms. The van der Waals surface area contributed by atoms with E-state index in [4.69, 9.17) is 0 Å². The molecular weight excluding hydrogens is 224 g/mol. The second-order valence-electron chi connectivity index (χ2n) is 6.53. The fourth-order valence-corrected chi connectivity index (χ4v) is 3.28. The number of amides is 1. The second-order valence-corrected chi connectivity index (χ2v) is 6.53. The highest BCUT2D eigenvalue weighted by atomic mass is 16.2. The first-order valence-corrected chi connectivity index (χ1v) is 7.59. The number of nitrogens with one attached hydrogen (secondary N) is 1. The van der Waals surface area contributed by atoms with E-state index in [1.165, 1.54) is 25.7 Å². The van der Waals surface area contributed by atoms with Gasteiger partial charge in [0, 0.05) is 6.54 Å². The van der Waals surface area contributed by atoms with Crippen LogP contribution in [0.15, 0.2) is 0 Å². The van der Waals surface area contributed by atoms with E-state index in [1.54, 1.807) is 0 Å². The second kappa shape index (κ2) is 5.20. The van der Waals surface area contributed by atoms with E-state index in [0.29, 0.717) is 17.2 Å². The Morgan fingerprint density at radius 2 is 2.06 bits per heavy atom. The molecule has 0 bridgehead atoms. The van der Waals surface area contributed by atoms with Crippen LogP contribution in [0.4, 0.5) is 0 Å². The quantitative estimate of drug-likeness (QED) is 0.788. The van der Waals surface area contributed by atoms with E-state index in [2.05, 4.69) is 37.9 Å². The number of hydrogen-bond acceptors (Lipinski definition) is 2. The number of carbonyl (C=O) groups is 1. The van der Waals surface area contributed by atoms with Crippen molar-refractivity contribution >= 4 is 5.91 Å². The van der Waals surface area contributed by atoms with Gasteiger partial charge in [-0.25, -0.2) is 0 Å². The van der Waals surface area contributed by atoms with Crippen LogP contribution in [-0.2, 0) is 4.79 Å². The van der Waals surface area contributed by atoms with Crippen molar-refractivity contribution in [3.63, 3.8) is 0 Å². The van der Waals surface area contributed by atoms with E-state index in [9.17, 15) is 4.79 Å². The fourth-order valence-electron chi connectivity index (χ4n) is 3.28. The molecule has 0 aromatic rings. The Kier molecular flexibility index (Phi) is 4.00. The molecule has 3 heteroatoms. The molecule has 1 heterocycles. The molecule has 1 saturated carbocycles. The maximum Gasteiger partial charge on any atom is 0.241 e. The Morgan fingerprint density at radius 3 is 2.50 bits per heavy atom. The van der Waals surface area contributed by atoms with E-state index < -0.39 is 0 Å². The van der Waals surface area contributed by atoms with E-state index in [1.807, 2.05) is 0 Å². The van der Waals surface area contributed by atoms with Crippen LogP contribution in [0.2, 0.25) is 0 Å². The zero-order valence-electron chi connectivity index (χ0n) is 12.3. The Labute approximate surface area is 111 Å². The zero-order chi connectivity index (χ0) is 13.3. The van der Waals surface area contributed by atoms with Gasteiger partial charge in [0.25, 0.3) is 0 Å². The molecule has 2 rings (SSSR count). The average molecular weight is 252 g/mol. The van der Waals surface area contributed by atoms with E-state index in [0.717, 1.165) is 13.0 Å². The minimum Gasteiger partial charge on any atom is -0.325 e. The first-order chi connectivity index (χ1) is 8.53. The van der Waals surface area contributed by atoms with Crippen molar-refractivity contribution < 1.29 is 4.79 Å². The van der Waals surface area contributed by atoms with Crippen molar-refractivity contribution in [1.82, 2.24) is 10.2 Å². The summed E-state index contributed by atoms with van der Waals surface area (Å²) in [6.07, 6.45) is 6.28. The Bertz CT molecular complexity index is 310. The smallest absolute Gasteiger partial charge is 0.241 e. The molecule has 104 valence electrons. The van der Waals surface area contributed by atoms with E-state index >= 15 is 0 Å². The summed E-state index contributed by atoms with van der Waals surface area (Å²) in [7, 11) is 0. The number of hydrogen-bond donors (Lipinski definition) is 1. The summed E-state index contributed by atoms with van der Waals surface area (Å²) >= 11 is 0. The van der Waals surface area contributed by atoms with Gasteiger partial charge in [-0.3, -0.25) is 10.1 Å². The molecule has 18 heavy (non-hydrogen) atoms. The number of rotatable bonds is 6. The Hall–Kier alpha value is -0.570. The first kappa shape index (κ1) is 13.9. The first-order valence-electron chi connectivity index (χ1n) is 7.59. The molecular formula is C15H28N2O. The molecule has 1 N–H and O–H groups in total. The summed E-state index contributed by atoms with van der Waals surface area (Å²) in [5.41, 5.74) is 0.460. The van der Waals surface area contributed by atoms with Crippen molar-refractivity contribution in [2.75, 3.05) is 6.54 Å². The van der Waals surface area contributed by atoms with Gasteiger partial charge in [-0.15, -0.1) is 0 Å².